The van der Waals surface area contributed by atoms with E-state index in [9.17, 15) is 10.1 Å². The van der Waals surface area contributed by atoms with Crippen LogP contribution < -0.4 is 5.43 Å². The number of aromatic nitrogens is 1. The molecule has 3 aromatic rings. The molecule has 0 spiro atoms. The highest BCUT2D eigenvalue weighted by molar-refractivity contribution is 9.10. The van der Waals surface area contributed by atoms with Crippen LogP contribution in [0.1, 0.15) is 12.5 Å². The maximum absolute atomic E-state index is 10.7. The lowest BCUT2D eigenvalue weighted by atomic mass is 10.1. The lowest BCUT2D eigenvalue weighted by molar-refractivity contribution is -0.384. The van der Waals surface area contributed by atoms with Crippen molar-refractivity contribution in [3.8, 4) is 11.3 Å². The SMILES string of the molecule is C/C(=N\Nc1nc(-c2ccc(Br)cc2)cs1)c1ccc([N+](=O)[O-])cc1. The van der Waals surface area contributed by atoms with Gasteiger partial charge in [-0.05, 0) is 36.8 Å². The molecule has 0 fully saturated rings. The summed E-state index contributed by atoms with van der Waals surface area (Å²) >= 11 is 4.88. The normalized spacial score (nSPS) is 11.4. The van der Waals surface area contributed by atoms with Crippen LogP contribution in [0.5, 0.6) is 0 Å². The number of nitrogens with one attached hydrogen (secondary N) is 1. The first-order valence-electron chi connectivity index (χ1n) is 7.29. The number of rotatable bonds is 5. The van der Waals surface area contributed by atoms with Crippen molar-refractivity contribution in [2.75, 3.05) is 5.43 Å². The minimum atomic E-state index is -0.423. The second-order valence-corrected chi connectivity index (χ2v) is 6.93. The number of nitrogens with zero attached hydrogens (tertiary/aromatic N) is 3. The number of hydrogen-bond acceptors (Lipinski definition) is 6. The van der Waals surface area contributed by atoms with Gasteiger partial charge in [0.25, 0.3) is 5.69 Å². The minimum absolute atomic E-state index is 0.0589. The van der Waals surface area contributed by atoms with E-state index < -0.39 is 4.92 Å². The summed E-state index contributed by atoms with van der Waals surface area (Å²) in [4.78, 5) is 14.8. The highest BCUT2D eigenvalue weighted by Crippen LogP contribution is 2.26. The Morgan fingerprint density at radius 3 is 2.52 bits per heavy atom. The van der Waals surface area contributed by atoms with Crippen LogP contribution in [0.25, 0.3) is 11.3 Å². The summed E-state index contributed by atoms with van der Waals surface area (Å²) in [6, 6.07) is 14.2. The molecule has 0 aliphatic heterocycles. The largest absolute Gasteiger partial charge is 0.269 e. The molecule has 0 unspecified atom stereocenters. The van der Waals surface area contributed by atoms with Crippen molar-refractivity contribution in [1.82, 2.24) is 4.98 Å². The molecule has 1 aromatic heterocycles. The Labute approximate surface area is 156 Å². The first-order valence-corrected chi connectivity index (χ1v) is 8.97. The van der Waals surface area contributed by atoms with E-state index in [2.05, 4.69) is 31.4 Å². The average molecular weight is 417 g/mol. The van der Waals surface area contributed by atoms with Crippen LogP contribution >= 0.6 is 27.3 Å². The summed E-state index contributed by atoms with van der Waals surface area (Å²) in [7, 11) is 0. The van der Waals surface area contributed by atoms with E-state index in [4.69, 9.17) is 0 Å². The maximum atomic E-state index is 10.7. The van der Waals surface area contributed by atoms with E-state index in [0.29, 0.717) is 5.13 Å². The van der Waals surface area contributed by atoms with Gasteiger partial charge in [0, 0.05) is 27.5 Å². The van der Waals surface area contributed by atoms with Crippen molar-refractivity contribution < 1.29 is 4.92 Å². The van der Waals surface area contributed by atoms with Crippen molar-refractivity contribution in [2.24, 2.45) is 5.10 Å². The highest BCUT2D eigenvalue weighted by atomic mass is 79.9. The number of anilines is 1. The quantitative estimate of drug-likeness (QED) is 0.346. The molecule has 2 aromatic carbocycles. The van der Waals surface area contributed by atoms with E-state index in [-0.39, 0.29) is 5.69 Å². The van der Waals surface area contributed by atoms with E-state index in [1.807, 2.05) is 36.6 Å². The fourth-order valence-corrected chi connectivity index (χ4v) is 3.02. The third-order valence-electron chi connectivity index (χ3n) is 3.46. The minimum Gasteiger partial charge on any atom is -0.258 e. The first kappa shape index (κ1) is 17.2. The molecule has 0 saturated heterocycles. The molecule has 8 heteroatoms. The van der Waals surface area contributed by atoms with Crippen LogP contribution in [0, 0.1) is 10.1 Å². The molecule has 1 heterocycles. The fourth-order valence-electron chi connectivity index (χ4n) is 2.10. The number of thiazole rings is 1. The predicted molar refractivity (Wildman–Crippen MR) is 104 cm³/mol. The van der Waals surface area contributed by atoms with Gasteiger partial charge in [0.2, 0.25) is 5.13 Å². The molecular formula is C17H13BrN4O2S. The number of halogens is 1. The van der Waals surface area contributed by atoms with Crippen molar-refractivity contribution in [3.05, 3.63) is 74.1 Å². The van der Waals surface area contributed by atoms with Crippen LogP contribution in [0.15, 0.2) is 63.5 Å². The van der Waals surface area contributed by atoms with Crippen molar-refractivity contribution in [2.45, 2.75) is 6.92 Å². The molecule has 25 heavy (non-hydrogen) atoms. The van der Waals surface area contributed by atoms with E-state index >= 15 is 0 Å². The lowest BCUT2D eigenvalue weighted by Gasteiger charge is -2.01. The molecule has 0 atom stereocenters. The molecule has 3 rings (SSSR count). The molecule has 1 N–H and O–H groups in total. The smallest absolute Gasteiger partial charge is 0.258 e. The van der Waals surface area contributed by atoms with Gasteiger partial charge in [0.05, 0.1) is 16.3 Å². The number of benzene rings is 2. The monoisotopic (exact) mass is 416 g/mol. The number of non-ortho nitro benzene ring substituents is 1. The summed E-state index contributed by atoms with van der Waals surface area (Å²) in [5.74, 6) is 0. The van der Waals surface area contributed by atoms with Crippen LogP contribution in [0.4, 0.5) is 10.8 Å². The molecule has 0 saturated carbocycles. The van der Waals surface area contributed by atoms with Crippen molar-refractivity contribution in [1.29, 1.82) is 0 Å². The topological polar surface area (TPSA) is 80.4 Å². The lowest BCUT2D eigenvalue weighted by Crippen LogP contribution is -2.00. The zero-order chi connectivity index (χ0) is 17.8. The van der Waals surface area contributed by atoms with Crippen LogP contribution in [0.3, 0.4) is 0 Å². The highest BCUT2D eigenvalue weighted by Gasteiger charge is 2.07. The number of hydrazone groups is 1. The Hall–Kier alpha value is -2.58. The molecule has 0 amide bonds. The standard InChI is InChI=1S/C17H13BrN4O2S/c1-11(12-4-8-15(9-5-12)22(23)24)20-21-17-19-16(10-25-17)13-2-6-14(18)7-3-13/h2-10H,1H3,(H,19,21)/b20-11+. The second kappa shape index (κ2) is 7.54. The summed E-state index contributed by atoms with van der Waals surface area (Å²) in [5.41, 5.74) is 6.43. The summed E-state index contributed by atoms with van der Waals surface area (Å²) in [5, 5.41) is 17.6. The molecule has 126 valence electrons. The molecule has 0 aliphatic carbocycles. The number of hydrogen-bond donors (Lipinski definition) is 1. The van der Waals surface area contributed by atoms with Gasteiger partial charge in [-0.3, -0.25) is 15.5 Å². The first-order chi connectivity index (χ1) is 12.0. The van der Waals surface area contributed by atoms with Crippen LogP contribution in [0.2, 0.25) is 0 Å². The Morgan fingerprint density at radius 1 is 1.20 bits per heavy atom. The number of nitro benzene ring substituents is 1. The third kappa shape index (κ3) is 4.28. The predicted octanol–water partition coefficient (Wildman–Crippen LogP) is 5.32. The molecular weight excluding hydrogens is 404 g/mol. The Balaban J connectivity index is 1.71. The van der Waals surface area contributed by atoms with Crippen LogP contribution in [-0.4, -0.2) is 15.6 Å². The van der Waals surface area contributed by atoms with Crippen LogP contribution in [-0.2, 0) is 0 Å². The van der Waals surface area contributed by atoms with Gasteiger partial charge in [0.15, 0.2) is 0 Å². The average Bonchev–Trinajstić information content (AvgIpc) is 3.09. The molecule has 0 radical (unpaired) electrons. The van der Waals surface area contributed by atoms with Crippen molar-refractivity contribution >= 4 is 43.8 Å². The summed E-state index contributed by atoms with van der Waals surface area (Å²) in [6.45, 7) is 1.83. The Bertz CT molecular complexity index is 921. The number of nitro groups is 1. The maximum Gasteiger partial charge on any atom is 0.269 e. The fraction of sp³-hybridized carbons (Fsp3) is 0.0588. The van der Waals surface area contributed by atoms with Gasteiger partial charge in [-0.2, -0.15) is 5.10 Å². The van der Waals surface area contributed by atoms with Gasteiger partial charge in [-0.15, -0.1) is 11.3 Å². The van der Waals surface area contributed by atoms with Gasteiger partial charge < -0.3 is 0 Å². The van der Waals surface area contributed by atoms with E-state index in [1.54, 1.807) is 12.1 Å². The van der Waals surface area contributed by atoms with E-state index in [0.717, 1.165) is 27.0 Å². The zero-order valence-electron chi connectivity index (χ0n) is 13.1. The van der Waals surface area contributed by atoms with Gasteiger partial charge in [-0.25, -0.2) is 4.98 Å². The molecule has 0 aliphatic rings. The van der Waals surface area contributed by atoms with Gasteiger partial charge in [-0.1, -0.05) is 28.1 Å². The van der Waals surface area contributed by atoms with Gasteiger partial charge in [0.1, 0.15) is 0 Å². The van der Waals surface area contributed by atoms with Gasteiger partial charge >= 0.3 is 0 Å². The second-order valence-electron chi connectivity index (χ2n) is 5.16. The molecule has 6 nitrogen and oxygen atoms in total. The Morgan fingerprint density at radius 2 is 1.88 bits per heavy atom. The van der Waals surface area contributed by atoms with Crippen molar-refractivity contribution in [3.63, 3.8) is 0 Å². The zero-order valence-corrected chi connectivity index (χ0v) is 15.5. The summed E-state index contributed by atoms with van der Waals surface area (Å²) < 4.78 is 1.02. The third-order valence-corrected chi connectivity index (χ3v) is 4.73. The summed E-state index contributed by atoms with van der Waals surface area (Å²) in [6.07, 6.45) is 0. The van der Waals surface area contributed by atoms with E-state index in [1.165, 1.54) is 23.5 Å². The molecule has 0 bridgehead atoms. The Kier molecular flexibility index (Phi) is 5.20.